The third-order valence-electron chi connectivity index (χ3n) is 1.58. The highest BCUT2D eigenvalue weighted by Crippen LogP contribution is 2.16. The minimum atomic E-state index is -0.533. The van der Waals surface area contributed by atoms with Gasteiger partial charge in [0.05, 0.1) is 5.70 Å². The first-order valence-corrected chi connectivity index (χ1v) is 3.57. The van der Waals surface area contributed by atoms with Crippen molar-refractivity contribution in [1.82, 2.24) is 5.43 Å². The molecule has 0 atom stereocenters. The van der Waals surface area contributed by atoms with Gasteiger partial charge in [0.2, 0.25) is 5.97 Å². The summed E-state index contributed by atoms with van der Waals surface area (Å²) in [5.74, 6) is -0.533. The molecule has 0 aliphatic carbocycles. The van der Waals surface area contributed by atoms with Gasteiger partial charge in [0.15, 0.2) is 0 Å². The van der Waals surface area contributed by atoms with Crippen LogP contribution in [0.4, 0.5) is 4.39 Å². The molecule has 2 rings (SSSR count). The number of halogens is 1. The molecule has 1 aliphatic heterocycles. The second-order valence-corrected chi connectivity index (χ2v) is 2.42. The predicted octanol–water partition coefficient (Wildman–Crippen LogP) is 1.93. The number of benzene rings is 1. The largest absolute Gasteiger partial charge is 0.235 e. The van der Waals surface area contributed by atoms with E-state index in [0.717, 1.165) is 5.56 Å². The Bertz CT molecular complexity index is 341. The van der Waals surface area contributed by atoms with Crippen LogP contribution in [0.2, 0.25) is 0 Å². The summed E-state index contributed by atoms with van der Waals surface area (Å²) in [7, 11) is 0. The molecule has 1 heterocycles. The Balaban J connectivity index is 2.30. The van der Waals surface area contributed by atoms with Crippen molar-refractivity contribution in [2.45, 2.75) is 0 Å². The molecule has 0 spiro atoms. The predicted molar refractivity (Wildman–Crippen MR) is 45.1 cm³/mol. The molecular weight excluding hydrogens is 155 g/mol. The number of hydrogen-bond donors (Lipinski definition) is 0. The van der Waals surface area contributed by atoms with E-state index in [2.05, 4.69) is 10.5 Å². The fourth-order valence-corrected chi connectivity index (χ4v) is 1.02. The molecule has 0 amide bonds. The average Bonchev–Trinajstić information content (AvgIpc) is 2.54. The third kappa shape index (κ3) is 1.21. The summed E-state index contributed by atoms with van der Waals surface area (Å²) in [6.45, 7) is 0. The van der Waals surface area contributed by atoms with E-state index in [9.17, 15) is 4.39 Å². The minimum Gasteiger partial charge on any atom is -0.183 e. The molecule has 1 aliphatic rings. The van der Waals surface area contributed by atoms with E-state index in [1.165, 1.54) is 6.08 Å². The summed E-state index contributed by atoms with van der Waals surface area (Å²) in [5, 5.41) is 3.28. The maximum atomic E-state index is 12.4. The third-order valence-corrected chi connectivity index (χ3v) is 1.58. The normalized spacial score (nSPS) is 15.1. The molecule has 3 heteroatoms. The van der Waals surface area contributed by atoms with Gasteiger partial charge in [-0.2, -0.15) is 4.39 Å². The van der Waals surface area contributed by atoms with Crippen molar-refractivity contribution in [1.29, 1.82) is 0 Å². The van der Waals surface area contributed by atoms with Gasteiger partial charge in [0.25, 0.3) is 0 Å². The second-order valence-electron chi connectivity index (χ2n) is 2.42. The molecule has 1 aromatic carbocycles. The Morgan fingerprint density at radius 1 is 1.08 bits per heavy atom. The molecule has 12 heavy (non-hydrogen) atoms. The highest BCUT2D eigenvalue weighted by Gasteiger charge is 2.09. The fourth-order valence-electron chi connectivity index (χ4n) is 1.02. The summed E-state index contributed by atoms with van der Waals surface area (Å²) >= 11 is 0. The first-order chi connectivity index (χ1) is 5.86. The molecule has 0 bridgehead atoms. The van der Waals surface area contributed by atoms with Gasteiger partial charge < -0.3 is 0 Å². The Hall–Kier alpha value is -1.64. The number of hydrogen-bond acceptors (Lipinski definition) is 1. The lowest BCUT2D eigenvalue weighted by Crippen LogP contribution is -1.89. The van der Waals surface area contributed by atoms with E-state index in [1.54, 1.807) is 0 Å². The molecule has 0 fully saturated rings. The van der Waals surface area contributed by atoms with Gasteiger partial charge in [-0.15, -0.1) is 10.5 Å². The van der Waals surface area contributed by atoms with E-state index in [4.69, 9.17) is 0 Å². The van der Waals surface area contributed by atoms with Crippen molar-refractivity contribution < 1.29 is 4.39 Å². The standard InChI is InChI=1S/C9H6FN2/c10-9-6-8(11-12-9)7-4-2-1-3-5-7/h1-6H. The van der Waals surface area contributed by atoms with Crippen LogP contribution in [0.15, 0.2) is 41.5 Å². The molecule has 0 aromatic heterocycles. The van der Waals surface area contributed by atoms with Crippen molar-refractivity contribution in [3.63, 3.8) is 0 Å². The lowest BCUT2D eigenvalue weighted by molar-refractivity contribution is 0.796. The zero-order chi connectivity index (χ0) is 8.39. The van der Waals surface area contributed by atoms with Crippen LogP contribution in [-0.2, 0) is 0 Å². The van der Waals surface area contributed by atoms with Gasteiger partial charge in [-0.25, -0.2) is 0 Å². The van der Waals surface area contributed by atoms with E-state index >= 15 is 0 Å². The van der Waals surface area contributed by atoms with Crippen LogP contribution in [0.5, 0.6) is 0 Å². The molecular formula is C9H6FN2. The van der Waals surface area contributed by atoms with Crippen LogP contribution >= 0.6 is 0 Å². The zero-order valence-electron chi connectivity index (χ0n) is 6.24. The molecule has 2 nitrogen and oxygen atoms in total. The SMILES string of the molecule is FC1=N[N]C(c2ccccc2)=C1. The smallest absolute Gasteiger partial charge is 0.183 e. The van der Waals surface area contributed by atoms with Crippen molar-refractivity contribution in [3.05, 3.63) is 42.0 Å². The van der Waals surface area contributed by atoms with E-state index in [-0.39, 0.29) is 0 Å². The molecule has 0 saturated heterocycles. The highest BCUT2D eigenvalue weighted by atomic mass is 19.1. The summed E-state index contributed by atoms with van der Waals surface area (Å²) in [6, 6.07) is 9.38. The quantitative estimate of drug-likeness (QED) is 0.601. The highest BCUT2D eigenvalue weighted by molar-refractivity contribution is 5.96. The number of rotatable bonds is 1. The number of allylic oxidation sites excluding steroid dienone is 1. The van der Waals surface area contributed by atoms with E-state index in [0.29, 0.717) is 5.70 Å². The number of nitrogens with zero attached hydrogens (tertiary/aromatic N) is 2. The van der Waals surface area contributed by atoms with Crippen molar-refractivity contribution in [2.24, 2.45) is 5.10 Å². The van der Waals surface area contributed by atoms with Crippen LogP contribution in [0.25, 0.3) is 5.70 Å². The second kappa shape index (κ2) is 2.77. The summed E-state index contributed by atoms with van der Waals surface area (Å²) in [4.78, 5) is 0. The maximum Gasteiger partial charge on any atom is 0.235 e. The first kappa shape index (κ1) is 7.03. The molecule has 0 N–H and O–H groups in total. The van der Waals surface area contributed by atoms with Gasteiger partial charge in [-0.3, -0.25) is 0 Å². The van der Waals surface area contributed by atoms with E-state index in [1.807, 2.05) is 30.3 Å². The first-order valence-electron chi connectivity index (χ1n) is 3.57. The zero-order valence-corrected chi connectivity index (χ0v) is 6.24. The molecule has 0 saturated carbocycles. The Morgan fingerprint density at radius 3 is 2.42 bits per heavy atom. The van der Waals surface area contributed by atoms with Crippen LogP contribution in [-0.4, -0.2) is 5.97 Å². The Morgan fingerprint density at radius 2 is 1.83 bits per heavy atom. The van der Waals surface area contributed by atoms with Crippen LogP contribution < -0.4 is 5.43 Å². The molecule has 1 radical (unpaired) electrons. The lowest BCUT2D eigenvalue weighted by Gasteiger charge is -1.96. The monoisotopic (exact) mass is 161 g/mol. The van der Waals surface area contributed by atoms with Crippen LogP contribution in [0.3, 0.4) is 0 Å². The summed E-state index contributed by atoms with van der Waals surface area (Å²) in [5.41, 5.74) is 5.12. The summed E-state index contributed by atoms with van der Waals surface area (Å²) in [6.07, 6.45) is 1.31. The van der Waals surface area contributed by atoms with E-state index < -0.39 is 5.97 Å². The van der Waals surface area contributed by atoms with Gasteiger partial charge >= 0.3 is 0 Å². The lowest BCUT2D eigenvalue weighted by atomic mass is 10.1. The minimum absolute atomic E-state index is 0.533. The maximum absolute atomic E-state index is 12.4. The van der Waals surface area contributed by atoms with Crippen LogP contribution in [0, 0.1) is 0 Å². The Labute approximate surface area is 69.4 Å². The Kier molecular flexibility index (Phi) is 1.63. The fraction of sp³-hybridized carbons (Fsp3) is 0. The van der Waals surface area contributed by atoms with Crippen molar-refractivity contribution >= 4 is 11.7 Å². The molecule has 1 aromatic rings. The van der Waals surface area contributed by atoms with Crippen LogP contribution in [0.1, 0.15) is 5.56 Å². The average molecular weight is 161 g/mol. The van der Waals surface area contributed by atoms with Gasteiger partial charge in [-0.05, 0) is 0 Å². The molecule has 59 valence electrons. The topological polar surface area (TPSA) is 26.5 Å². The summed E-state index contributed by atoms with van der Waals surface area (Å²) < 4.78 is 12.4. The van der Waals surface area contributed by atoms with Gasteiger partial charge in [-0.1, -0.05) is 30.3 Å². The van der Waals surface area contributed by atoms with Gasteiger partial charge in [0, 0.05) is 11.6 Å². The van der Waals surface area contributed by atoms with Crippen molar-refractivity contribution in [2.75, 3.05) is 0 Å². The molecule has 0 unspecified atom stereocenters. The van der Waals surface area contributed by atoms with Crippen molar-refractivity contribution in [3.8, 4) is 0 Å². The van der Waals surface area contributed by atoms with Gasteiger partial charge in [0.1, 0.15) is 0 Å².